The molecule has 2 N–H and O–H groups in total. The monoisotopic (exact) mass is 441 g/mol. The number of aliphatic hydroxyl groups excluding tert-OH is 1. The Hall–Kier alpha value is -3.25. The van der Waals surface area contributed by atoms with Crippen molar-refractivity contribution in [2.75, 3.05) is 13.1 Å². The Kier molecular flexibility index (Phi) is 4.73. The normalized spacial score (nSPS) is 25.1. The number of pyridine rings is 1. The molecule has 6 heteroatoms. The molecular weight excluding hydrogens is 414 g/mol. The number of piperidine rings is 1. The largest absolute Gasteiger partial charge is 0.390 e. The van der Waals surface area contributed by atoms with Crippen molar-refractivity contribution in [1.82, 2.24) is 15.2 Å². The lowest BCUT2D eigenvalue weighted by atomic mass is 9.90. The van der Waals surface area contributed by atoms with Gasteiger partial charge in [-0.25, -0.2) is 0 Å². The van der Waals surface area contributed by atoms with Crippen LogP contribution in [0.4, 0.5) is 0 Å². The summed E-state index contributed by atoms with van der Waals surface area (Å²) in [7, 11) is 0. The van der Waals surface area contributed by atoms with E-state index in [2.05, 4.69) is 10.3 Å². The van der Waals surface area contributed by atoms with E-state index in [-0.39, 0.29) is 29.2 Å². The molecule has 1 unspecified atom stereocenters. The molecule has 3 atom stereocenters. The van der Waals surface area contributed by atoms with Gasteiger partial charge in [-0.2, -0.15) is 0 Å². The molecule has 1 saturated heterocycles. The Morgan fingerprint density at radius 2 is 1.88 bits per heavy atom. The number of hydrogen-bond donors (Lipinski definition) is 2. The zero-order chi connectivity index (χ0) is 22.6. The molecule has 3 aromatic rings. The molecule has 1 spiro atoms. The fourth-order valence-electron chi connectivity index (χ4n) is 5.82. The van der Waals surface area contributed by atoms with Gasteiger partial charge in [0.25, 0.3) is 5.91 Å². The molecule has 0 bridgehead atoms. The molecule has 3 aliphatic rings. The number of likely N-dealkylation sites (tertiary alicyclic amines) is 1. The summed E-state index contributed by atoms with van der Waals surface area (Å²) in [4.78, 5) is 32.3. The van der Waals surface area contributed by atoms with E-state index in [1.165, 1.54) is 0 Å². The van der Waals surface area contributed by atoms with Crippen LogP contribution in [0.25, 0.3) is 10.9 Å². The molecule has 1 saturated carbocycles. The van der Waals surface area contributed by atoms with Crippen LogP contribution in [-0.2, 0) is 11.2 Å². The molecule has 1 aliphatic heterocycles. The van der Waals surface area contributed by atoms with Crippen LogP contribution in [0.3, 0.4) is 0 Å². The van der Waals surface area contributed by atoms with Crippen LogP contribution in [0.2, 0.25) is 0 Å². The third-order valence-electron chi connectivity index (χ3n) is 7.90. The number of nitrogens with one attached hydrogen (secondary N) is 1. The Morgan fingerprint density at radius 1 is 1.06 bits per heavy atom. The van der Waals surface area contributed by atoms with Crippen molar-refractivity contribution in [2.24, 2.45) is 11.3 Å². The predicted molar refractivity (Wildman–Crippen MR) is 124 cm³/mol. The van der Waals surface area contributed by atoms with Gasteiger partial charge in [0.2, 0.25) is 5.91 Å². The SMILES string of the molecule is O=C(N[C@H]1c2ccccc2C[C@H]1O)C1CC12CCN(C(=O)c1ccc3ncccc3c1)CC2. The zero-order valence-corrected chi connectivity index (χ0v) is 18.4. The minimum Gasteiger partial charge on any atom is -0.390 e. The van der Waals surface area contributed by atoms with E-state index in [9.17, 15) is 14.7 Å². The maximum absolute atomic E-state index is 13.1. The molecule has 2 aliphatic carbocycles. The fraction of sp³-hybridized carbons (Fsp3) is 0.370. The summed E-state index contributed by atoms with van der Waals surface area (Å²) in [5, 5.41) is 14.6. The number of rotatable bonds is 3. The lowest BCUT2D eigenvalue weighted by Crippen LogP contribution is -2.41. The van der Waals surface area contributed by atoms with E-state index < -0.39 is 6.10 Å². The van der Waals surface area contributed by atoms with Gasteiger partial charge >= 0.3 is 0 Å². The highest BCUT2D eigenvalue weighted by atomic mass is 16.3. The first-order valence-electron chi connectivity index (χ1n) is 11.7. The van der Waals surface area contributed by atoms with Crippen molar-refractivity contribution in [3.8, 4) is 0 Å². The maximum atomic E-state index is 13.1. The Balaban J connectivity index is 1.08. The van der Waals surface area contributed by atoms with Gasteiger partial charge in [-0.05, 0) is 60.1 Å². The van der Waals surface area contributed by atoms with Crippen molar-refractivity contribution < 1.29 is 14.7 Å². The van der Waals surface area contributed by atoms with Gasteiger partial charge in [-0.15, -0.1) is 0 Å². The maximum Gasteiger partial charge on any atom is 0.253 e. The lowest BCUT2D eigenvalue weighted by molar-refractivity contribution is -0.124. The lowest BCUT2D eigenvalue weighted by Gasteiger charge is -2.33. The van der Waals surface area contributed by atoms with Gasteiger partial charge in [0.05, 0.1) is 17.7 Å². The number of amides is 2. The number of hydrogen-bond acceptors (Lipinski definition) is 4. The molecule has 33 heavy (non-hydrogen) atoms. The van der Waals surface area contributed by atoms with Crippen LogP contribution in [0.5, 0.6) is 0 Å². The number of benzene rings is 2. The van der Waals surface area contributed by atoms with E-state index in [1.807, 2.05) is 59.5 Å². The van der Waals surface area contributed by atoms with Gasteiger partial charge in [0, 0.05) is 42.6 Å². The zero-order valence-electron chi connectivity index (χ0n) is 18.4. The number of carbonyl (C=O) groups is 2. The first-order chi connectivity index (χ1) is 16.0. The highest BCUT2D eigenvalue weighted by molar-refractivity contribution is 5.98. The van der Waals surface area contributed by atoms with E-state index in [1.54, 1.807) is 6.20 Å². The molecule has 2 fully saturated rings. The van der Waals surface area contributed by atoms with Crippen molar-refractivity contribution in [3.63, 3.8) is 0 Å². The van der Waals surface area contributed by atoms with Gasteiger partial charge in [0.1, 0.15) is 0 Å². The third kappa shape index (κ3) is 3.49. The summed E-state index contributed by atoms with van der Waals surface area (Å²) in [5.74, 6) is 0.0574. The summed E-state index contributed by atoms with van der Waals surface area (Å²) >= 11 is 0. The van der Waals surface area contributed by atoms with Crippen molar-refractivity contribution in [2.45, 2.75) is 37.8 Å². The van der Waals surface area contributed by atoms with Crippen molar-refractivity contribution in [1.29, 1.82) is 0 Å². The average molecular weight is 442 g/mol. The van der Waals surface area contributed by atoms with Crippen LogP contribution in [0.1, 0.15) is 46.8 Å². The summed E-state index contributed by atoms with van der Waals surface area (Å²) in [5.41, 5.74) is 3.70. The number of carbonyl (C=O) groups excluding carboxylic acids is 2. The molecule has 2 heterocycles. The Bertz CT molecular complexity index is 1250. The summed E-state index contributed by atoms with van der Waals surface area (Å²) in [6, 6.07) is 17.1. The summed E-state index contributed by atoms with van der Waals surface area (Å²) < 4.78 is 0. The number of aromatic nitrogens is 1. The quantitative estimate of drug-likeness (QED) is 0.654. The molecule has 1 aromatic heterocycles. The topological polar surface area (TPSA) is 82.5 Å². The van der Waals surface area contributed by atoms with Crippen LogP contribution >= 0.6 is 0 Å². The second-order valence-electron chi connectivity index (χ2n) is 9.78. The molecule has 168 valence electrons. The minimum absolute atomic E-state index is 0.00274. The van der Waals surface area contributed by atoms with E-state index in [0.29, 0.717) is 25.1 Å². The molecule has 6 nitrogen and oxygen atoms in total. The van der Waals surface area contributed by atoms with E-state index in [4.69, 9.17) is 0 Å². The van der Waals surface area contributed by atoms with Gasteiger partial charge in [-0.1, -0.05) is 30.3 Å². The first kappa shape index (κ1) is 20.4. The van der Waals surface area contributed by atoms with Crippen LogP contribution in [-0.4, -0.2) is 46.0 Å². The molecular formula is C27H27N3O3. The van der Waals surface area contributed by atoms with Crippen LogP contribution in [0, 0.1) is 11.3 Å². The summed E-state index contributed by atoms with van der Waals surface area (Å²) in [6.45, 7) is 1.34. The van der Waals surface area contributed by atoms with Gasteiger partial charge in [0.15, 0.2) is 0 Å². The predicted octanol–water partition coefficient (Wildman–Crippen LogP) is 3.25. The summed E-state index contributed by atoms with van der Waals surface area (Å²) in [6.07, 6.45) is 4.32. The smallest absolute Gasteiger partial charge is 0.253 e. The van der Waals surface area contributed by atoms with Gasteiger partial charge in [-0.3, -0.25) is 14.6 Å². The van der Waals surface area contributed by atoms with E-state index >= 15 is 0 Å². The minimum atomic E-state index is -0.572. The fourth-order valence-corrected chi connectivity index (χ4v) is 5.82. The van der Waals surface area contributed by atoms with Crippen LogP contribution in [0.15, 0.2) is 60.8 Å². The molecule has 2 aromatic carbocycles. The number of aliphatic hydroxyl groups is 1. The number of nitrogens with zero attached hydrogens (tertiary/aromatic N) is 2. The highest BCUT2D eigenvalue weighted by Crippen LogP contribution is 2.59. The second kappa shape index (κ2) is 7.66. The molecule has 2 amide bonds. The Labute approximate surface area is 192 Å². The van der Waals surface area contributed by atoms with Crippen LogP contribution < -0.4 is 5.32 Å². The standard InChI is InChI=1S/C27H27N3O3/c31-23-15-17-4-1-2-6-20(17)24(23)29-25(32)21-16-27(21)9-12-30(13-10-27)26(33)19-7-8-22-18(14-19)5-3-11-28-22/h1-8,11,14,21,23-24,31H,9-10,12-13,15-16H2,(H,29,32)/t21?,23-,24+/m1/s1. The van der Waals surface area contributed by atoms with Gasteiger partial charge < -0.3 is 15.3 Å². The van der Waals surface area contributed by atoms with Crippen molar-refractivity contribution >= 4 is 22.7 Å². The number of fused-ring (bicyclic) bond motifs is 2. The molecule has 0 radical (unpaired) electrons. The van der Waals surface area contributed by atoms with E-state index in [0.717, 1.165) is 41.3 Å². The molecule has 6 rings (SSSR count). The Morgan fingerprint density at radius 3 is 2.73 bits per heavy atom. The highest BCUT2D eigenvalue weighted by Gasteiger charge is 2.59. The second-order valence-corrected chi connectivity index (χ2v) is 9.78. The van der Waals surface area contributed by atoms with Crippen molar-refractivity contribution in [3.05, 3.63) is 77.5 Å². The average Bonchev–Trinajstić information content (AvgIpc) is 3.46. The third-order valence-corrected chi connectivity index (χ3v) is 7.90. The first-order valence-corrected chi connectivity index (χ1v) is 11.7.